The maximum atomic E-state index is 14.0. The van der Waals surface area contributed by atoms with Crippen LogP contribution in [-0.4, -0.2) is 48.6 Å². The third-order valence-electron chi connectivity index (χ3n) is 5.46. The molecule has 2 aliphatic rings. The maximum Gasteiger partial charge on any atom is 0.151 e. The van der Waals surface area contributed by atoms with Crippen molar-refractivity contribution in [1.29, 1.82) is 0 Å². The van der Waals surface area contributed by atoms with Crippen LogP contribution in [0, 0.1) is 12.7 Å². The summed E-state index contributed by atoms with van der Waals surface area (Å²) < 4.78 is 37.2. The van der Waals surface area contributed by atoms with E-state index >= 15 is 0 Å². The van der Waals surface area contributed by atoms with Crippen molar-refractivity contribution in [2.45, 2.75) is 31.7 Å². The van der Waals surface area contributed by atoms with Crippen LogP contribution >= 0.6 is 0 Å². The highest BCUT2D eigenvalue weighted by molar-refractivity contribution is 5.96. The van der Waals surface area contributed by atoms with Crippen molar-refractivity contribution in [3.63, 3.8) is 0 Å². The predicted octanol–water partition coefficient (Wildman–Crippen LogP) is 3.76. The molecule has 3 atom stereocenters. The molecule has 7 nitrogen and oxygen atoms in total. The second-order valence-electron chi connectivity index (χ2n) is 7.50. The van der Waals surface area contributed by atoms with E-state index in [0.29, 0.717) is 36.2 Å². The van der Waals surface area contributed by atoms with Gasteiger partial charge in [-0.15, -0.1) is 0 Å². The highest BCUT2D eigenvalue weighted by Gasteiger charge is 2.43. The molecule has 0 spiro atoms. The number of benzene rings is 2. The van der Waals surface area contributed by atoms with Gasteiger partial charge in [0, 0.05) is 12.7 Å². The molecule has 0 saturated carbocycles. The average molecular weight is 411 g/mol. The van der Waals surface area contributed by atoms with Crippen molar-refractivity contribution in [3.8, 4) is 11.5 Å². The number of methoxy groups -OCH3 is 1. The first-order chi connectivity index (χ1) is 14.6. The number of nitrogens with zero attached hydrogens (tertiary/aromatic N) is 2. The fourth-order valence-electron chi connectivity index (χ4n) is 4.06. The van der Waals surface area contributed by atoms with Crippen LogP contribution in [-0.2, 0) is 9.47 Å². The molecule has 3 heterocycles. The summed E-state index contributed by atoms with van der Waals surface area (Å²) in [6.07, 6.45) is 1.95. The molecule has 2 aliphatic heterocycles. The van der Waals surface area contributed by atoms with E-state index in [2.05, 4.69) is 15.3 Å². The van der Waals surface area contributed by atoms with Crippen molar-refractivity contribution >= 4 is 22.4 Å². The summed E-state index contributed by atoms with van der Waals surface area (Å²) in [7, 11) is 1.61. The first kappa shape index (κ1) is 19.0. The molecular weight excluding hydrogens is 389 g/mol. The van der Waals surface area contributed by atoms with Gasteiger partial charge in [0.15, 0.2) is 6.10 Å². The van der Waals surface area contributed by atoms with E-state index in [1.165, 1.54) is 18.5 Å². The lowest BCUT2D eigenvalue weighted by Crippen LogP contribution is -2.32. The Labute approximate surface area is 173 Å². The Morgan fingerprint density at radius 1 is 1.13 bits per heavy atom. The second kappa shape index (κ2) is 7.70. The van der Waals surface area contributed by atoms with Crippen LogP contribution in [0.2, 0.25) is 0 Å². The highest BCUT2D eigenvalue weighted by atomic mass is 19.1. The molecule has 3 unspecified atom stereocenters. The van der Waals surface area contributed by atoms with E-state index in [1.807, 2.05) is 19.1 Å². The van der Waals surface area contributed by atoms with E-state index in [-0.39, 0.29) is 24.1 Å². The number of ether oxygens (including phenoxy) is 4. The summed E-state index contributed by atoms with van der Waals surface area (Å²) in [5, 5.41) is 4.01. The van der Waals surface area contributed by atoms with Crippen LogP contribution in [0.4, 0.5) is 15.9 Å². The van der Waals surface area contributed by atoms with Crippen LogP contribution in [0.25, 0.3) is 10.9 Å². The van der Waals surface area contributed by atoms with Gasteiger partial charge < -0.3 is 24.3 Å². The smallest absolute Gasteiger partial charge is 0.151 e. The Morgan fingerprint density at radius 3 is 2.90 bits per heavy atom. The van der Waals surface area contributed by atoms with Crippen LogP contribution in [0.5, 0.6) is 11.5 Å². The first-order valence-electron chi connectivity index (χ1n) is 9.88. The molecule has 0 bridgehead atoms. The topological polar surface area (TPSA) is 74.7 Å². The standard InChI is InChI=1S/C22H22FN3O4/c1-12-7-15-20(18(8-12)27-2)22(25-11-24-15)26-14-4-3-13(23)9-17(14)30-19-10-29-16-5-6-28-21(16)19/h3-4,7-9,11,16,19,21H,5-6,10H2,1-2H3,(H,24,25,26). The van der Waals surface area contributed by atoms with Crippen molar-refractivity contribution < 1.29 is 23.3 Å². The lowest BCUT2D eigenvalue weighted by Gasteiger charge is -2.21. The normalized spacial score (nSPS) is 22.8. The number of rotatable bonds is 5. The second-order valence-corrected chi connectivity index (χ2v) is 7.50. The van der Waals surface area contributed by atoms with Gasteiger partial charge in [-0.2, -0.15) is 0 Å². The van der Waals surface area contributed by atoms with E-state index in [9.17, 15) is 4.39 Å². The molecule has 2 aromatic carbocycles. The Morgan fingerprint density at radius 2 is 2.03 bits per heavy atom. The van der Waals surface area contributed by atoms with E-state index in [1.54, 1.807) is 13.2 Å². The molecule has 0 aliphatic carbocycles. The molecule has 3 aromatic rings. The molecule has 8 heteroatoms. The first-order valence-corrected chi connectivity index (χ1v) is 9.88. The molecule has 0 amide bonds. The Bertz CT molecular complexity index is 1090. The third kappa shape index (κ3) is 3.42. The van der Waals surface area contributed by atoms with Crippen LogP contribution in [0.3, 0.4) is 0 Å². The van der Waals surface area contributed by atoms with Gasteiger partial charge in [0.2, 0.25) is 0 Å². The van der Waals surface area contributed by atoms with Crippen molar-refractivity contribution in [2.75, 3.05) is 25.6 Å². The average Bonchev–Trinajstić information content (AvgIpc) is 3.34. The summed E-state index contributed by atoms with van der Waals surface area (Å²) in [5.74, 6) is 1.19. The molecule has 0 radical (unpaired) electrons. The number of hydrogen-bond acceptors (Lipinski definition) is 7. The van der Waals surface area contributed by atoms with Crippen LogP contribution < -0.4 is 14.8 Å². The highest BCUT2D eigenvalue weighted by Crippen LogP contribution is 2.37. The third-order valence-corrected chi connectivity index (χ3v) is 5.46. The molecule has 2 saturated heterocycles. The Balaban J connectivity index is 1.50. The van der Waals surface area contributed by atoms with Crippen LogP contribution in [0.15, 0.2) is 36.7 Å². The van der Waals surface area contributed by atoms with Crippen molar-refractivity contribution in [3.05, 3.63) is 48.0 Å². The lowest BCUT2D eigenvalue weighted by molar-refractivity contribution is 0.0310. The van der Waals surface area contributed by atoms with Gasteiger partial charge in [-0.3, -0.25) is 0 Å². The minimum atomic E-state index is -0.390. The van der Waals surface area contributed by atoms with Gasteiger partial charge in [0.05, 0.1) is 36.4 Å². The van der Waals surface area contributed by atoms with Gasteiger partial charge in [-0.05, 0) is 43.2 Å². The van der Waals surface area contributed by atoms with Gasteiger partial charge in [-0.1, -0.05) is 0 Å². The molecule has 1 aromatic heterocycles. The predicted molar refractivity (Wildman–Crippen MR) is 109 cm³/mol. The van der Waals surface area contributed by atoms with Crippen LogP contribution in [0.1, 0.15) is 12.0 Å². The molecule has 30 heavy (non-hydrogen) atoms. The van der Waals surface area contributed by atoms with Gasteiger partial charge in [0.1, 0.15) is 35.6 Å². The number of aryl methyl sites for hydroxylation is 1. The number of aromatic nitrogens is 2. The van der Waals surface area contributed by atoms with E-state index in [0.717, 1.165) is 22.9 Å². The van der Waals surface area contributed by atoms with E-state index in [4.69, 9.17) is 18.9 Å². The zero-order valence-electron chi connectivity index (χ0n) is 16.7. The summed E-state index contributed by atoms with van der Waals surface area (Å²) in [6, 6.07) is 8.24. The number of anilines is 2. The number of fused-ring (bicyclic) bond motifs is 2. The fourth-order valence-corrected chi connectivity index (χ4v) is 4.06. The molecule has 1 N–H and O–H groups in total. The van der Waals surface area contributed by atoms with E-state index < -0.39 is 0 Å². The molecular formula is C22H22FN3O4. The summed E-state index contributed by atoms with van der Waals surface area (Å²) in [6.45, 7) is 3.04. The zero-order chi connectivity index (χ0) is 20.7. The summed E-state index contributed by atoms with van der Waals surface area (Å²) in [5.41, 5.74) is 2.36. The SMILES string of the molecule is COc1cc(C)cc2ncnc(Nc3ccc(F)cc3OC3COC4CCOC43)c12. The van der Waals surface area contributed by atoms with Gasteiger partial charge in [0.25, 0.3) is 0 Å². The zero-order valence-corrected chi connectivity index (χ0v) is 16.7. The fraction of sp³-hybridized carbons (Fsp3) is 0.364. The summed E-state index contributed by atoms with van der Waals surface area (Å²) >= 11 is 0. The minimum absolute atomic E-state index is 0.0401. The number of halogens is 1. The Kier molecular flexibility index (Phi) is 4.88. The minimum Gasteiger partial charge on any atom is -0.496 e. The Hall–Kier alpha value is -2.97. The maximum absolute atomic E-state index is 14.0. The van der Waals surface area contributed by atoms with Gasteiger partial charge >= 0.3 is 0 Å². The summed E-state index contributed by atoms with van der Waals surface area (Å²) in [4.78, 5) is 8.74. The number of hydrogen-bond donors (Lipinski definition) is 1. The van der Waals surface area contributed by atoms with Gasteiger partial charge in [-0.25, -0.2) is 14.4 Å². The molecule has 5 rings (SSSR count). The monoisotopic (exact) mass is 411 g/mol. The quantitative estimate of drug-likeness (QED) is 0.685. The molecule has 156 valence electrons. The van der Waals surface area contributed by atoms with Crippen molar-refractivity contribution in [1.82, 2.24) is 9.97 Å². The number of nitrogens with one attached hydrogen (secondary N) is 1. The lowest BCUT2D eigenvalue weighted by atomic mass is 10.1. The molecule has 2 fully saturated rings. The largest absolute Gasteiger partial charge is 0.496 e. The van der Waals surface area contributed by atoms with Crippen molar-refractivity contribution in [2.24, 2.45) is 0 Å².